The smallest absolute Gasteiger partial charge is 0.0518 e. The van der Waals surface area contributed by atoms with Crippen LogP contribution in [0.5, 0.6) is 0 Å². The maximum Gasteiger partial charge on any atom is 0.0518 e. The van der Waals surface area contributed by atoms with Crippen LogP contribution in [-0.2, 0) is 0 Å². The SMILES string of the molecule is CN(C)c1ccc([C@@H]2NCCN[C@H]2c2ccc(N(C)C)cc2)cc1. The maximum absolute atomic E-state index is 3.68. The van der Waals surface area contributed by atoms with Gasteiger partial charge in [0.15, 0.2) is 0 Å². The molecule has 4 nitrogen and oxygen atoms in total. The Morgan fingerprint density at radius 2 is 0.958 bits per heavy atom. The lowest BCUT2D eigenvalue weighted by Crippen LogP contribution is -2.45. The lowest BCUT2D eigenvalue weighted by molar-refractivity contribution is 0.333. The first-order valence-corrected chi connectivity index (χ1v) is 8.57. The van der Waals surface area contributed by atoms with Gasteiger partial charge in [0.1, 0.15) is 0 Å². The third kappa shape index (κ3) is 3.55. The van der Waals surface area contributed by atoms with E-state index in [1.54, 1.807) is 0 Å². The summed E-state index contributed by atoms with van der Waals surface area (Å²) in [5, 5.41) is 7.37. The third-order valence-corrected chi connectivity index (χ3v) is 4.72. The van der Waals surface area contributed by atoms with Crippen LogP contribution in [0.4, 0.5) is 11.4 Å². The zero-order chi connectivity index (χ0) is 17.1. The van der Waals surface area contributed by atoms with Crippen LogP contribution in [0.15, 0.2) is 48.5 Å². The highest BCUT2D eigenvalue weighted by atomic mass is 15.1. The van der Waals surface area contributed by atoms with E-state index < -0.39 is 0 Å². The second-order valence-electron chi connectivity index (χ2n) is 6.84. The topological polar surface area (TPSA) is 30.5 Å². The number of nitrogens with one attached hydrogen (secondary N) is 2. The van der Waals surface area contributed by atoms with E-state index in [1.807, 2.05) is 0 Å². The van der Waals surface area contributed by atoms with E-state index >= 15 is 0 Å². The monoisotopic (exact) mass is 324 g/mol. The summed E-state index contributed by atoms with van der Waals surface area (Å²) in [6.07, 6.45) is 0. The predicted octanol–water partition coefficient (Wildman–Crippen LogP) is 2.79. The first kappa shape index (κ1) is 16.8. The molecular formula is C20H28N4. The number of hydrogen-bond acceptors (Lipinski definition) is 4. The number of benzene rings is 2. The van der Waals surface area contributed by atoms with E-state index in [9.17, 15) is 0 Å². The molecule has 2 N–H and O–H groups in total. The van der Waals surface area contributed by atoms with E-state index in [2.05, 4.69) is 97.2 Å². The highest BCUT2D eigenvalue weighted by Gasteiger charge is 2.27. The van der Waals surface area contributed by atoms with Gasteiger partial charge in [-0.1, -0.05) is 24.3 Å². The van der Waals surface area contributed by atoms with Gasteiger partial charge in [0.2, 0.25) is 0 Å². The van der Waals surface area contributed by atoms with Gasteiger partial charge in [0.05, 0.1) is 12.1 Å². The summed E-state index contributed by atoms with van der Waals surface area (Å²) in [7, 11) is 8.30. The highest BCUT2D eigenvalue weighted by Crippen LogP contribution is 2.32. The Morgan fingerprint density at radius 1 is 0.625 bits per heavy atom. The van der Waals surface area contributed by atoms with Gasteiger partial charge in [-0.2, -0.15) is 0 Å². The fraction of sp³-hybridized carbons (Fsp3) is 0.400. The lowest BCUT2D eigenvalue weighted by atomic mass is 9.91. The van der Waals surface area contributed by atoms with E-state index in [0.29, 0.717) is 12.1 Å². The molecule has 0 aliphatic carbocycles. The average Bonchev–Trinajstić information content (AvgIpc) is 2.62. The Labute approximate surface area is 145 Å². The zero-order valence-corrected chi connectivity index (χ0v) is 15.1. The molecule has 0 unspecified atom stereocenters. The largest absolute Gasteiger partial charge is 0.378 e. The molecule has 0 aromatic heterocycles. The summed E-state index contributed by atoms with van der Waals surface area (Å²) >= 11 is 0. The van der Waals surface area contributed by atoms with Gasteiger partial charge in [-0.25, -0.2) is 0 Å². The molecule has 1 saturated heterocycles. The van der Waals surface area contributed by atoms with Crippen molar-refractivity contribution >= 4 is 11.4 Å². The second kappa shape index (κ2) is 7.24. The van der Waals surface area contributed by atoms with Crippen LogP contribution >= 0.6 is 0 Å². The molecule has 1 aliphatic rings. The molecule has 1 heterocycles. The molecule has 128 valence electrons. The van der Waals surface area contributed by atoms with Crippen molar-refractivity contribution in [2.75, 3.05) is 51.1 Å². The van der Waals surface area contributed by atoms with Crippen LogP contribution in [-0.4, -0.2) is 41.3 Å². The van der Waals surface area contributed by atoms with Crippen LogP contribution in [0.25, 0.3) is 0 Å². The van der Waals surface area contributed by atoms with E-state index in [1.165, 1.54) is 22.5 Å². The summed E-state index contributed by atoms with van der Waals surface area (Å²) < 4.78 is 0. The van der Waals surface area contributed by atoms with Crippen molar-refractivity contribution in [3.63, 3.8) is 0 Å². The molecular weight excluding hydrogens is 296 g/mol. The maximum atomic E-state index is 3.68. The molecule has 1 fully saturated rings. The van der Waals surface area contributed by atoms with Gasteiger partial charge in [-0.05, 0) is 35.4 Å². The minimum atomic E-state index is 0.292. The van der Waals surface area contributed by atoms with Gasteiger partial charge < -0.3 is 20.4 Å². The molecule has 24 heavy (non-hydrogen) atoms. The minimum absolute atomic E-state index is 0.292. The summed E-state index contributed by atoms with van der Waals surface area (Å²) in [6.45, 7) is 1.98. The van der Waals surface area contributed by atoms with Gasteiger partial charge >= 0.3 is 0 Å². The Kier molecular flexibility index (Phi) is 5.07. The Balaban J connectivity index is 1.85. The number of hydrogen-bond donors (Lipinski definition) is 2. The van der Waals surface area contributed by atoms with E-state index in [-0.39, 0.29) is 0 Å². The molecule has 3 rings (SSSR count). The quantitative estimate of drug-likeness (QED) is 0.905. The molecule has 0 amide bonds. The number of anilines is 2. The molecule has 2 atom stereocenters. The van der Waals surface area contributed by atoms with Gasteiger partial charge in [-0.3, -0.25) is 0 Å². The Hall–Kier alpha value is -2.04. The lowest BCUT2D eigenvalue weighted by Gasteiger charge is -2.35. The van der Waals surface area contributed by atoms with Crippen LogP contribution in [0.1, 0.15) is 23.2 Å². The van der Waals surface area contributed by atoms with Crippen LogP contribution in [0.2, 0.25) is 0 Å². The van der Waals surface area contributed by atoms with Crippen molar-refractivity contribution in [3.8, 4) is 0 Å². The predicted molar refractivity (Wildman–Crippen MR) is 103 cm³/mol. The molecule has 0 bridgehead atoms. The van der Waals surface area contributed by atoms with Crippen molar-refractivity contribution < 1.29 is 0 Å². The molecule has 2 aromatic carbocycles. The van der Waals surface area contributed by atoms with Crippen molar-refractivity contribution in [1.82, 2.24) is 10.6 Å². The average molecular weight is 324 g/mol. The third-order valence-electron chi connectivity index (χ3n) is 4.72. The van der Waals surface area contributed by atoms with Crippen molar-refractivity contribution in [1.29, 1.82) is 0 Å². The van der Waals surface area contributed by atoms with Gasteiger partial charge in [-0.15, -0.1) is 0 Å². The van der Waals surface area contributed by atoms with Gasteiger partial charge in [0.25, 0.3) is 0 Å². The molecule has 2 aromatic rings. The van der Waals surface area contributed by atoms with Crippen molar-refractivity contribution in [3.05, 3.63) is 59.7 Å². The van der Waals surface area contributed by atoms with E-state index in [0.717, 1.165) is 13.1 Å². The minimum Gasteiger partial charge on any atom is -0.378 e. The van der Waals surface area contributed by atoms with E-state index in [4.69, 9.17) is 0 Å². The number of rotatable bonds is 4. The summed E-state index contributed by atoms with van der Waals surface area (Å²) in [5.74, 6) is 0. The second-order valence-corrected chi connectivity index (χ2v) is 6.84. The zero-order valence-electron chi connectivity index (χ0n) is 15.1. The van der Waals surface area contributed by atoms with Crippen molar-refractivity contribution in [2.45, 2.75) is 12.1 Å². The summed E-state index contributed by atoms with van der Waals surface area (Å²) in [4.78, 5) is 4.27. The van der Waals surface area contributed by atoms with Crippen molar-refractivity contribution in [2.24, 2.45) is 0 Å². The Bertz CT molecular complexity index is 587. The summed E-state index contributed by atoms with van der Waals surface area (Å²) in [6, 6.07) is 18.3. The number of nitrogens with zero attached hydrogens (tertiary/aromatic N) is 2. The van der Waals surface area contributed by atoms with Crippen LogP contribution in [0.3, 0.4) is 0 Å². The fourth-order valence-corrected chi connectivity index (χ4v) is 3.27. The molecule has 0 radical (unpaired) electrons. The molecule has 1 aliphatic heterocycles. The molecule has 0 saturated carbocycles. The first-order chi connectivity index (χ1) is 11.6. The van der Waals surface area contributed by atoms with Crippen LogP contribution < -0.4 is 20.4 Å². The molecule has 4 heteroatoms. The standard InChI is InChI=1S/C20H28N4/c1-23(2)17-9-5-15(6-10-17)19-20(22-14-13-21-19)16-7-11-18(12-8-16)24(3)4/h5-12,19-22H,13-14H2,1-4H3/t19-,20-/m0/s1. The normalized spacial score (nSPS) is 20.7. The first-order valence-electron chi connectivity index (χ1n) is 8.57. The van der Waals surface area contributed by atoms with Crippen LogP contribution in [0, 0.1) is 0 Å². The Morgan fingerprint density at radius 3 is 1.25 bits per heavy atom. The highest BCUT2D eigenvalue weighted by molar-refractivity contribution is 5.48. The number of piperazine rings is 1. The summed E-state index contributed by atoms with van der Waals surface area (Å²) in [5.41, 5.74) is 5.12. The molecule has 0 spiro atoms. The fourth-order valence-electron chi connectivity index (χ4n) is 3.27. The van der Waals surface area contributed by atoms with Gasteiger partial charge in [0, 0.05) is 52.7 Å².